The second-order valence-electron chi connectivity index (χ2n) is 1.33. The molecule has 61 valence electrons. The molecule has 0 saturated heterocycles. The van der Waals surface area contributed by atoms with E-state index in [1.807, 2.05) is 0 Å². The van der Waals surface area contributed by atoms with E-state index in [9.17, 15) is 13.2 Å². The summed E-state index contributed by atoms with van der Waals surface area (Å²) in [4.78, 5) is 0. The van der Waals surface area contributed by atoms with Crippen molar-refractivity contribution < 1.29 is 13.2 Å². The average Bonchev–Trinajstić information content (AvgIpc) is 1.62. The highest BCUT2D eigenvalue weighted by Gasteiger charge is 2.57. The molecule has 0 bridgehead atoms. The quantitative estimate of drug-likeness (QED) is 0.640. The van der Waals surface area contributed by atoms with Gasteiger partial charge in [-0.3, -0.25) is 0 Å². The fraction of sp³-hybridized carbons (Fsp3) is 0.667. The third-order valence-corrected chi connectivity index (χ3v) is 2.35. The number of halogens is 7. The Labute approximate surface area is 75.2 Å². The predicted octanol–water partition coefficient (Wildman–Crippen LogP) is 3.69. The molecule has 0 fully saturated rings. The first-order valence-electron chi connectivity index (χ1n) is 1.82. The first-order chi connectivity index (χ1) is 4.19. The summed E-state index contributed by atoms with van der Waals surface area (Å²) < 4.78 is 32.5. The Kier molecular flexibility index (Phi) is 3.43. The zero-order valence-electron chi connectivity index (χ0n) is 4.15. The largest absolute Gasteiger partial charge is 0.358 e. The van der Waals surface area contributed by atoms with Crippen LogP contribution in [0.15, 0.2) is 0 Å². The maximum atomic E-state index is 11.9. The Morgan fingerprint density at radius 3 is 1.40 bits per heavy atom. The van der Waals surface area contributed by atoms with Crippen LogP contribution in [0.4, 0.5) is 13.2 Å². The molecule has 7 heteroatoms. The summed E-state index contributed by atoms with van der Waals surface area (Å²) in [6.45, 7) is 0. The highest BCUT2D eigenvalue weighted by Crippen LogP contribution is 2.49. The highest BCUT2D eigenvalue weighted by atomic mass is 35.5. The van der Waals surface area contributed by atoms with Crippen LogP contribution < -0.4 is 0 Å². The molecule has 0 aliphatic rings. The van der Waals surface area contributed by atoms with Gasteiger partial charge in [0.15, 0.2) is 0 Å². The van der Waals surface area contributed by atoms with E-state index < -0.39 is 15.3 Å². The van der Waals surface area contributed by atoms with Gasteiger partial charge in [0.2, 0.25) is 4.33 Å². The minimum absolute atomic E-state index is 1.86. The van der Waals surface area contributed by atoms with Crippen LogP contribution in [-0.2, 0) is 0 Å². The first kappa shape index (κ1) is 11.0. The molecule has 0 aromatic carbocycles. The maximum Gasteiger partial charge on any atom is 0.358 e. The van der Waals surface area contributed by atoms with E-state index in [0.717, 1.165) is 0 Å². The van der Waals surface area contributed by atoms with Gasteiger partial charge in [-0.15, -0.1) is 0 Å². The zero-order chi connectivity index (χ0) is 8.58. The lowest BCUT2D eigenvalue weighted by Crippen LogP contribution is -2.35. The molecule has 0 rings (SSSR count). The van der Waals surface area contributed by atoms with Gasteiger partial charge in [-0.2, -0.15) is 8.78 Å². The summed E-state index contributed by atoms with van der Waals surface area (Å²) in [5.41, 5.74) is -1.86. The first-order valence-corrected chi connectivity index (χ1v) is 3.33. The molecule has 0 aliphatic heterocycles. The molecular weight excluding hydrogens is 235 g/mol. The number of hydrogen-bond donors (Lipinski definition) is 0. The van der Waals surface area contributed by atoms with E-state index in [1.165, 1.54) is 0 Å². The number of rotatable bonds is 2. The molecule has 0 atom stereocenters. The summed E-state index contributed by atoms with van der Waals surface area (Å²) in [6, 6.07) is 0. The lowest BCUT2D eigenvalue weighted by atomic mass is 10.4. The van der Waals surface area contributed by atoms with E-state index in [1.54, 1.807) is 0 Å². The molecule has 0 spiro atoms. The van der Waals surface area contributed by atoms with E-state index in [0.29, 0.717) is 0 Å². The van der Waals surface area contributed by atoms with Crippen LogP contribution in [0, 0.1) is 5.63 Å². The van der Waals surface area contributed by atoms with Crippen LogP contribution in [-0.4, -0.2) is 9.72 Å². The van der Waals surface area contributed by atoms with Crippen molar-refractivity contribution in [1.29, 1.82) is 0 Å². The Balaban J connectivity index is 4.40. The maximum absolute atomic E-state index is 11.9. The van der Waals surface area contributed by atoms with Crippen LogP contribution >= 0.6 is 46.4 Å². The lowest BCUT2D eigenvalue weighted by Gasteiger charge is -2.22. The van der Waals surface area contributed by atoms with Crippen molar-refractivity contribution in [3.63, 3.8) is 0 Å². The molecule has 0 nitrogen and oxygen atoms in total. The third kappa shape index (κ3) is 2.22. The Morgan fingerprint density at radius 2 is 1.40 bits per heavy atom. The van der Waals surface area contributed by atoms with E-state index in [4.69, 9.17) is 0 Å². The van der Waals surface area contributed by atoms with Crippen LogP contribution in [0.25, 0.3) is 0 Å². The standard InChI is InChI=1S/C3Cl4F3/c4-1(8)2(5,6)3(7,9)10. The zero-order valence-corrected chi connectivity index (χ0v) is 7.17. The summed E-state index contributed by atoms with van der Waals surface area (Å²) in [5.74, 6) is 0. The molecule has 10 heavy (non-hydrogen) atoms. The summed E-state index contributed by atoms with van der Waals surface area (Å²) in [5, 5.41) is -4.12. The molecule has 0 aliphatic carbocycles. The van der Waals surface area contributed by atoms with Crippen LogP contribution in [0.5, 0.6) is 0 Å². The van der Waals surface area contributed by atoms with Gasteiger partial charge in [-0.1, -0.05) is 34.8 Å². The average molecular weight is 235 g/mol. The molecule has 0 amide bonds. The lowest BCUT2D eigenvalue weighted by molar-refractivity contribution is 0.0754. The summed E-state index contributed by atoms with van der Waals surface area (Å²) in [6.07, 6.45) is 0. The minimum Gasteiger partial charge on any atom is -0.217 e. The van der Waals surface area contributed by atoms with Gasteiger partial charge in [0.1, 0.15) is 0 Å². The van der Waals surface area contributed by atoms with Gasteiger partial charge < -0.3 is 0 Å². The minimum atomic E-state index is -4.12. The van der Waals surface area contributed by atoms with Gasteiger partial charge in [0.25, 0.3) is 5.63 Å². The van der Waals surface area contributed by atoms with Crippen molar-refractivity contribution in [2.24, 2.45) is 0 Å². The molecule has 0 aromatic rings. The second-order valence-corrected chi connectivity index (χ2v) is 3.47. The summed E-state index contributed by atoms with van der Waals surface area (Å²) in [7, 11) is 0. The van der Waals surface area contributed by atoms with Crippen molar-refractivity contribution >= 4 is 46.4 Å². The van der Waals surface area contributed by atoms with Crippen LogP contribution in [0.1, 0.15) is 0 Å². The predicted molar refractivity (Wildman–Crippen MR) is 35.4 cm³/mol. The smallest absolute Gasteiger partial charge is 0.217 e. The third-order valence-electron chi connectivity index (χ3n) is 0.593. The fourth-order valence-electron chi connectivity index (χ4n) is 0.107. The van der Waals surface area contributed by atoms with E-state index in [2.05, 4.69) is 46.4 Å². The summed E-state index contributed by atoms with van der Waals surface area (Å²) >= 11 is 18.1. The fourth-order valence-corrected chi connectivity index (χ4v) is 0.357. The van der Waals surface area contributed by atoms with Crippen LogP contribution in [0.3, 0.4) is 0 Å². The molecule has 0 saturated carbocycles. The molecule has 0 heterocycles. The Bertz CT molecular complexity index is 117. The van der Waals surface area contributed by atoms with Crippen molar-refractivity contribution in [3.05, 3.63) is 5.63 Å². The second kappa shape index (κ2) is 3.13. The number of alkyl halides is 5. The van der Waals surface area contributed by atoms with E-state index >= 15 is 0 Å². The highest BCUT2D eigenvalue weighted by molar-refractivity contribution is 6.57. The SMILES string of the molecule is F[C](Cl)C(Cl)(Cl)C(F)(F)Cl. The number of hydrogen-bond acceptors (Lipinski definition) is 0. The van der Waals surface area contributed by atoms with Crippen molar-refractivity contribution in [2.75, 3.05) is 0 Å². The molecular formula is C3Cl4F3. The molecule has 1 radical (unpaired) electrons. The molecule has 0 unspecified atom stereocenters. The van der Waals surface area contributed by atoms with Gasteiger partial charge in [-0.05, 0) is 11.6 Å². The Morgan fingerprint density at radius 1 is 1.10 bits per heavy atom. The van der Waals surface area contributed by atoms with Gasteiger partial charge in [-0.25, -0.2) is 4.39 Å². The van der Waals surface area contributed by atoms with Gasteiger partial charge in [0, 0.05) is 0 Å². The Hall–Kier alpha value is 0.950. The van der Waals surface area contributed by atoms with Gasteiger partial charge in [0.05, 0.1) is 0 Å². The van der Waals surface area contributed by atoms with Crippen LogP contribution in [0.2, 0.25) is 0 Å². The van der Waals surface area contributed by atoms with Crippen molar-refractivity contribution in [1.82, 2.24) is 0 Å². The normalized spacial score (nSPS) is 14.4. The van der Waals surface area contributed by atoms with Crippen molar-refractivity contribution in [2.45, 2.75) is 9.72 Å². The monoisotopic (exact) mass is 233 g/mol. The van der Waals surface area contributed by atoms with Crippen molar-refractivity contribution in [3.8, 4) is 0 Å². The topological polar surface area (TPSA) is 0 Å². The molecule has 0 aromatic heterocycles. The van der Waals surface area contributed by atoms with E-state index in [-0.39, 0.29) is 0 Å². The molecule has 0 N–H and O–H groups in total. The van der Waals surface area contributed by atoms with Gasteiger partial charge >= 0.3 is 5.38 Å².